The molecule has 190 valence electrons. The zero-order chi connectivity index (χ0) is 26.3. The Balaban J connectivity index is 1.65. The van der Waals surface area contributed by atoms with Gasteiger partial charge in [-0.2, -0.15) is 0 Å². The normalized spacial score (nSPS) is 11.9. The zero-order valence-corrected chi connectivity index (χ0v) is 20.2. The molecule has 37 heavy (non-hydrogen) atoms. The van der Waals surface area contributed by atoms with Crippen LogP contribution in [0.2, 0.25) is 5.02 Å². The molecule has 2 aromatic heterocycles. The maximum atomic E-state index is 13.0. The van der Waals surface area contributed by atoms with E-state index in [-0.39, 0.29) is 12.2 Å². The number of hydrogen-bond donors (Lipinski definition) is 1. The van der Waals surface area contributed by atoms with Crippen LogP contribution in [0.1, 0.15) is 28.8 Å². The number of halogens is 4. The van der Waals surface area contributed by atoms with Crippen LogP contribution in [0.15, 0.2) is 65.2 Å². The highest BCUT2D eigenvalue weighted by atomic mass is 35.5. The molecule has 0 saturated carbocycles. The Labute approximate surface area is 213 Å². The summed E-state index contributed by atoms with van der Waals surface area (Å²) in [6, 6.07) is 16.8. The number of alkyl halides is 3. The van der Waals surface area contributed by atoms with E-state index < -0.39 is 12.3 Å². The lowest BCUT2D eigenvalue weighted by Gasteiger charge is -2.09. The number of aromatic nitrogens is 2. The van der Waals surface area contributed by atoms with Crippen molar-refractivity contribution in [1.29, 1.82) is 0 Å². The molecule has 5 aromatic rings. The lowest BCUT2D eigenvalue weighted by Crippen LogP contribution is -2.17. The van der Waals surface area contributed by atoms with Gasteiger partial charge in [-0.1, -0.05) is 41.0 Å². The lowest BCUT2D eigenvalue weighted by atomic mass is 9.99. The second-order valence-electron chi connectivity index (χ2n) is 8.66. The van der Waals surface area contributed by atoms with Crippen LogP contribution in [0.4, 0.5) is 13.2 Å². The number of nitrogens with zero attached hydrogens (tertiary/aromatic N) is 2. The molecule has 2 heterocycles. The van der Waals surface area contributed by atoms with E-state index in [1.54, 1.807) is 24.3 Å². The van der Waals surface area contributed by atoms with Crippen molar-refractivity contribution in [3.8, 4) is 11.6 Å². The quantitative estimate of drug-likeness (QED) is 0.241. The van der Waals surface area contributed by atoms with Gasteiger partial charge in [-0.05, 0) is 66.8 Å². The molecule has 3 aromatic carbocycles. The van der Waals surface area contributed by atoms with Gasteiger partial charge >= 0.3 is 12.3 Å². The van der Waals surface area contributed by atoms with E-state index in [0.717, 1.165) is 22.4 Å². The average Bonchev–Trinajstić information content (AvgIpc) is 3.34. The van der Waals surface area contributed by atoms with Crippen molar-refractivity contribution in [2.75, 3.05) is 0 Å². The molecular formula is C27H20ClF3N2O4. The van der Waals surface area contributed by atoms with Crippen LogP contribution in [-0.2, 0) is 17.6 Å². The Morgan fingerprint density at radius 3 is 2.62 bits per heavy atom. The van der Waals surface area contributed by atoms with Crippen LogP contribution in [-0.4, -0.2) is 27.2 Å². The fraction of sp³-hybridized carbons (Fsp3) is 0.185. The lowest BCUT2D eigenvalue weighted by molar-refractivity contribution is -0.274. The molecule has 0 aliphatic carbocycles. The smallest absolute Gasteiger partial charge is 0.481 e. The molecule has 0 aliphatic heterocycles. The Morgan fingerprint density at radius 1 is 1.08 bits per heavy atom. The van der Waals surface area contributed by atoms with Gasteiger partial charge in [0.2, 0.25) is 0 Å². The molecule has 0 amide bonds. The van der Waals surface area contributed by atoms with E-state index >= 15 is 0 Å². The van der Waals surface area contributed by atoms with Crippen molar-refractivity contribution in [2.45, 2.75) is 32.5 Å². The predicted molar refractivity (Wildman–Crippen MR) is 132 cm³/mol. The van der Waals surface area contributed by atoms with Crippen molar-refractivity contribution in [1.82, 2.24) is 9.72 Å². The van der Waals surface area contributed by atoms with Gasteiger partial charge in [0.05, 0.1) is 10.9 Å². The van der Waals surface area contributed by atoms with Gasteiger partial charge in [-0.25, -0.2) is 0 Å². The SMILES string of the molecule is Cc1c(Cc2cccc(CCC(=O)O)c2)c2cc(OC(F)(F)F)ccc2n1-c1noc2cc(Cl)ccc12. The molecule has 0 bridgehead atoms. The number of rotatable bonds is 7. The van der Waals surface area contributed by atoms with Crippen LogP contribution in [0, 0.1) is 6.92 Å². The minimum atomic E-state index is -4.83. The maximum Gasteiger partial charge on any atom is 0.573 e. The van der Waals surface area contributed by atoms with Crippen molar-refractivity contribution in [2.24, 2.45) is 0 Å². The molecule has 5 rings (SSSR count). The Hall–Kier alpha value is -3.98. The van der Waals surface area contributed by atoms with Crippen LogP contribution in [0.5, 0.6) is 5.75 Å². The number of carbonyl (C=O) groups is 1. The molecule has 0 spiro atoms. The standard InChI is InChI=1S/C27H20ClF3N2O4/c1-15-21(12-17-4-2-3-16(11-17)5-10-25(34)35)22-14-19(36-27(29,30)31)7-9-23(22)33(15)26-20-8-6-18(28)13-24(20)37-32-26/h2-4,6-9,11,13-14H,5,10,12H2,1H3,(H,34,35). The van der Waals surface area contributed by atoms with Gasteiger partial charge in [0.1, 0.15) is 5.75 Å². The number of aryl methyl sites for hydroxylation is 1. The van der Waals surface area contributed by atoms with Gasteiger partial charge in [0, 0.05) is 28.6 Å². The molecule has 6 nitrogen and oxygen atoms in total. The van der Waals surface area contributed by atoms with E-state index in [9.17, 15) is 18.0 Å². The third-order valence-corrected chi connectivity index (χ3v) is 6.40. The van der Waals surface area contributed by atoms with Crippen molar-refractivity contribution < 1.29 is 32.3 Å². The molecule has 1 N–H and O–H groups in total. The number of benzene rings is 3. The van der Waals surface area contributed by atoms with Crippen LogP contribution in [0.3, 0.4) is 0 Å². The van der Waals surface area contributed by atoms with Gasteiger partial charge in [0.15, 0.2) is 11.4 Å². The highest BCUT2D eigenvalue weighted by Crippen LogP contribution is 2.37. The average molecular weight is 529 g/mol. The number of aliphatic carboxylic acids is 1. The van der Waals surface area contributed by atoms with Crippen molar-refractivity contribution in [3.63, 3.8) is 0 Å². The minimum absolute atomic E-state index is 0.00315. The monoisotopic (exact) mass is 528 g/mol. The largest absolute Gasteiger partial charge is 0.573 e. The summed E-state index contributed by atoms with van der Waals surface area (Å²) in [5, 5.41) is 15.0. The van der Waals surface area contributed by atoms with E-state index in [1.165, 1.54) is 12.1 Å². The van der Waals surface area contributed by atoms with E-state index in [2.05, 4.69) is 9.89 Å². The van der Waals surface area contributed by atoms with Crippen LogP contribution < -0.4 is 4.74 Å². The molecule has 0 atom stereocenters. The number of fused-ring (bicyclic) bond motifs is 2. The van der Waals surface area contributed by atoms with Gasteiger partial charge in [-0.3, -0.25) is 9.36 Å². The Bertz CT molecular complexity index is 1640. The van der Waals surface area contributed by atoms with Gasteiger partial charge < -0.3 is 14.4 Å². The van der Waals surface area contributed by atoms with Crippen LogP contribution >= 0.6 is 11.6 Å². The first kappa shape index (κ1) is 24.7. The molecule has 0 radical (unpaired) electrons. The summed E-state index contributed by atoms with van der Waals surface area (Å²) in [5.41, 5.74) is 4.41. The van der Waals surface area contributed by atoms with Gasteiger partial charge in [0.25, 0.3) is 0 Å². The fourth-order valence-corrected chi connectivity index (χ4v) is 4.73. The first-order valence-corrected chi connectivity index (χ1v) is 11.7. The molecule has 0 unspecified atom stereocenters. The van der Waals surface area contributed by atoms with Gasteiger partial charge in [-0.15, -0.1) is 13.2 Å². The highest BCUT2D eigenvalue weighted by Gasteiger charge is 2.31. The van der Waals surface area contributed by atoms with Crippen LogP contribution in [0.25, 0.3) is 27.7 Å². The fourth-order valence-electron chi connectivity index (χ4n) is 4.57. The van der Waals surface area contributed by atoms with E-state index in [1.807, 2.05) is 35.8 Å². The van der Waals surface area contributed by atoms with Crippen molar-refractivity contribution in [3.05, 3.63) is 88.1 Å². The molecule has 0 saturated heterocycles. The molecule has 0 fully saturated rings. The third kappa shape index (κ3) is 5.13. The highest BCUT2D eigenvalue weighted by molar-refractivity contribution is 6.31. The zero-order valence-electron chi connectivity index (χ0n) is 19.5. The summed E-state index contributed by atoms with van der Waals surface area (Å²) in [6.07, 6.45) is -4.05. The molecule has 0 aliphatic rings. The second kappa shape index (κ2) is 9.48. The Kier molecular flexibility index (Phi) is 6.33. The first-order chi connectivity index (χ1) is 17.6. The molecular weight excluding hydrogens is 509 g/mol. The number of hydrogen-bond acceptors (Lipinski definition) is 4. The minimum Gasteiger partial charge on any atom is -0.481 e. The predicted octanol–water partition coefficient (Wildman–Crippen LogP) is 7.24. The topological polar surface area (TPSA) is 77.5 Å². The number of carboxylic acids is 1. The second-order valence-corrected chi connectivity index (χ2v) is 9.10. The van der Waals surface area contributed by atoms with E-state index in [4.69, 9.17) is 21.2 Å². The number of ether oxygens (including phenoxy) is 1. The maximum absolute atomic E-state index is 13.0. The summed E-state index contributed by atoms with van der Waals surface area (Å²) >= 11 is 6.08. The number of carboxylic acid groups (broad SMARTS) is 1. The third-order valence-electron chi connectivity index (χ3n) is 6.17. The summed E-state index contributed by atoms with van der Waals surface area (Å²) in [5.74, 6) is -0.729. The summed E-state index contributed by atoms with van der Waals surface area (Å²) in [4.78, 5) is 11.0. The van der Waals surface area contributed by atoms with E-state index in [0.29, 0.717) is 45.6 Å². The summed E-state index contributed by atoms with van der Waals surface area (Å²) in [7, 11) is 0. The summed E-state index contributed by atoms with van der Waals surface area (Å²) < 4.78 is 50.5. The van der Waals surface area contributed by atoms with Crippen molar-refractivity contribution >= 4 is 39.4 Å². The summed E-state index contributed by atoms with van der Waals surface area (Å²) in [6.45, 7) is 1.87. The first-order valence-electron chi connectivity index (χ1n) is 11.3. The molecule has 10 heteroatoms. The Morgan fingerprint density at radius 2 is 1.86 bits per heavy atom.